The molecule has 2 aromatic heterocycles. The molecule has 36 heavy (non-hydrogen) atoms. The van der Waals surface area contributed by atoms with E-state index in [9.17, 15) is 9.59 Å². The Balaban J connectivity index is 1.49. The number of nitrogens with zero attached hydrogens (tertiary/aromatic N) is 3. The third-order valence-electron chi connectivity index (χ3n) is 4.96. The maximum Gasteiger partial charge on any atom is 0.261 e. The second-order valence-corrected chi connectivity index (χ2v) is 9.28. The van der Waals surface area contributed by atoms with Crippen LogP contribution in [0.3, 0.4) is 0 Å². The van der Waals surface area contributed by atoms with E-state index in [0.717, 1.165) is 11.4 Å². The predicted octanol–water partition coefficient (Wildman–Crippen LogP) is 4.40. The highest BCUT2D eigenvalue weighted by Gasteiger charge is 2.17. The molecule has 2 amide bonds. The number of hydrogen-bond donors (Lipinski definition) is 2. The Morgan fingerprint density at radius 3 is 2.44 bits per heavy atom. The Morgan fingerprint density at radius 1 is 1.03 bits per heavy atom. The molecule has 11 heteroatoms. The van der Waals surface area contributed by atoms with Gasteiger partial charge in [0.15, 0.2) is 11.0 Å². The summed E-state index contributed by atoms with van der Waals surface area (Å²) in [7, 11) is 1.59. The van der Waals surface area contributed by atoms with E-state index in [4.69, 9.17) is 9.47 Å². The number of benzene rings is 2. The van der Waals surface area contributed by atoms with Gasteiger partial charge < -0.3 is 20.1 Å². The van der Waals surface area contributed by atoms with Crippen LogP contribution in [0.5, 0.6) is 11.5 Å². The van der Waals surface area contributed by atoms with Gasteiger partial charge in [-0.1, -0.05) is 17.8 Å². The first-order valence-electron chi connectivity index (χ1n) is 11.1. The van der Waals surface area contributed by atoms with E-state index in [2.05, 4.69) is 20.8 Å². The van der Waals surface area contributed by atoms with Gasteiger partial charge >= 0.3 is 0 Å². The second-order valence-electron chi connectivity index (χ2n) is 7.39. The second kappa shape index (κ2) is 12.2. The summed E-state index contributed by atoms with van der Waals surface area (Å²) < 4.78 is 12.5. The fraction of sp³-hybridized carbons (Fsp3) is 0.200. The molecular formula is C25H25N5O4S2. The zero-order valence-corrected chi connectivity index (χ0v) is 21.4. The summed E-state index contributed by atoms with van der Waals surface area (Å²) in [5.74, 6) is 1.77. The lowest BCUT2D eigenvalue weighted by Crippen LogP contribution is -2.24. The summed E-state index contributed by atoms with van der Waals surface area (Å²) >= 11 is 2.62. The average Bonchev–Trinajstić information content (AvgIpc) is 3.58. The van der Waals surface area contributed by atoms with Crippen LogP contribution in [-0.2, 0) is 11.3 Å². The number of thioether (sulfide) groups is 1. The Hall–Kier alpha value is -3.83. The molecule has 4 rings (SSSR count). The lowest BCUT2D eigenvalue weighted by atomic mass is 10.3. The van der Waals surface area contributed by atoms with Crippen molar-refractivity contribution in [3.05, 3.63) is 76.7 Å². The highest BCUT2D eigenvalue weighted by atomic mass is 32.2. The molecule has 0 aliphatic heterocycles. The quantitative estimate of drug-likeness (QED) is 0.281. The number of amides is 2. The molecule has 2 aromatic carbocycles. The first kappa shape index (κ1) is 25.3. The lowest BCUT2D eigenvalue weighted by Gasteiger charge is -2.12. The normalized spacial score (nSPS) is 10.6. The van der Waals surface area contributed by atoms with Gasteiger partial charge in [-0.3, -0.25) is 14.2 Å². The largest absolute Gasteiger partial charge is 0.497 e. The number of anilines is 1. The molecule has 0 saturated carbocycles. The molecule has 0 radical (unpaired) electrons. The number of rotatable bonds is 11. The van der Waals surface area contributed by atoms with Crippen LogP contribution in [0.2, 0.25) is 0 Å². The van der Waals surface area contributed by atoms with Gasteiger partial charge in [-0.25, -0.2) is 0 Å². The monoisotopic (exact) mass is 523 g/mol. The molecule has 9 nitrogen and oxygen atoms in total. The molecule has 2 N–H and O–H groups in total. The van der Waals surface area contributed by atoms with Gasteiger partial charge in [0.05, 0.1) is 30.9 Å². The van der Waals surface area contributed by atoms with Crippen molar-refractivity contribution in [2.45, 2.75) is 18.6 Å². The molecule has 0 atom stereocenters. The molecule has 0 aliphatic carbocycles. The molecule has 0 spiro atoms. The minimum absolute atomic E-state index is 0.128. The molecule has 2 heterocycles. The summed E-state index contributed by atoms with van der Waals surface area (Å²) in [5, 5.41) is 16.7. The van der Waals surface area contributed by atoms with Crippen molar-refractivity contribution >= 4 is 40.6 Å². The van der Waals surface area contributed by atoms with Gasteiger partial charge in [-0.15, -0.1) is 21.5 Å². The maximum absolute atomic E-state index is 12.6. The minimum Gasteiger partial charge on any atom is -0.497 e. The van der Waals surface area contributed by atoms with Crippen LogP contribution in [-0.4, -0.2) is 46.0 Å². The molecule has 0 unspecified atom stereocenters. The first-order valence-corrected chi connectivity index (χ1v) is 13.0. The highest BCUT2D eigenvalue weighted by Crippen LogP contribution is 2.25. The summed E-state index contributed by atoms with van der Waals surface area (Å²) in [6.45, 7) is 2.67. The molecule has 0 fully saturated rings. The third-order valence-corrected chi connectivity index (χ3v) is 6.76. The predicted molar refractivity (Wildman–Crippen MR) is 140 cm³/mol. The molecule has 0 bridgehead atoms. The van der Waals surface area contributed by atoms with Gasteiger partial charge in [0.2, 0.25) is 5.91 Å². The number of carbonyl (C=O) groups excluding carboxylic acids is 2. The highest BCUT2D eigenvalue weighted by molar-refractivity contribution is 7.99. The summed E-state index contributed by atoms with van der Waals surface area (Å²) in [5.41, 5.74) is 1.47. The van der Waals surface area contributed by atoms with Crippen molar-refractivity contribution in [3.8, 4) is 17.2 Å². The van der Waals surface area contributed by atoms with Gasteiger partial charge in [-0.2, -0.15) is 0 Å². The number of hydrogen-bond acceptors (Lipinski definition) is 8. The summed E-state index contributed by atoms with van der Waals surface area (Å²) in [6, 6.07) is 18.2. The van der Waals surface area contributed by atoms with Crippen molar-refractivity contribution in [2.75, 3.05) is 24.8 Å². The Labute approximate surface area is 216 Å². The van der Waals surface area contributed by atoms with E-state index < -0.39 is 0 Å². The van der Waals surface area contributed by atoms with Crippen LogP contribution in [0.25, 0.3) is 5.69 Å². The number of methoxy groups -OCH3 is 1. The van der Waals surface area contributed by atoms with Gasteiger partial charge in [0.1, 0.15) is 11.5 Å². The Morgan fingerprint density at radius 2 is 1.78 bits per heavy atom. The fourth-order valence-corrected chi connectivity index (χ4v) is 4.69. The summed E-state index contributed by atoms with van der Waals surface area (Å²) in [4.78, 5) is 25.6. The van der Waals surface area contributed by atoms with Crippen LogP contribution >= 0.6 is 23.1 Å². The first-order chi connectivity index (χ1) is 17.6. The molecular weight excluding hydrogens is 498 g/mol. The molecule has 4 aromatic rings. The van der Waals surface area contributed by atoms with Crippen LogP contribution in [0.4, 0.5) is 5.69 Å². The summed E-state index contributed by atoms with van der Waals surface area (Å²) in [6.07, 6.45) is 0. The lowest BCUT2D eigenvalue weighted by molar-refractivity contribution is -0.113. The Bertz CT molecular complexity index is 1290. The van der Waals surface area contributed by atoms with Crippen molar-refractivity contribution in [2.24, 2.45) is 0 Å². The minimum atomic E-state index is -0.182. The van der Waals surface area contributed by atoms with Crippen LogP contribution in [0.1, 0.15) is 22.4 Å². The van der Waals surface area contributed by atoms with Crippen LogP contribution in [0.15, 0.2) is 71.2 Å². The fourth-order valence-electron chi connectivity index (χ4n) is 3.28. The number of aromatic nitrogens is 3. The zero-order valence-electron chi connectivity index (χ0n) is 19.8. The standard InChI is InChI=1S/C25H25N5O4S2/c1-3-34-20-12-8-18(9-13-20)30-22(15-26-24(32)21-5-4-14-35-21)28-29-25(30)36-16-23(31)27-17-6-10-19(33-2)11-7-17/h4-14H,3,15-16H2,1-2H3,(H,26,32)(H,27,31). The van der Waals surface area contributed by atoms with Gasteiger partial charge in [0.25, 0.3) is 5.91 Å². The molecule has 0 saturated heterocycles. The number of nitrogens with one attached hydrogen (secondary N) is 2. The van der Waals surface area contributed by atoms with Crippen LogP contribution in [0, 0.1) is 0 Å². The topological polar surface area (TPSA) is 107 Å². The van der Waals surface area contributed by atoms with Gasteiger partial charge in [-0.05, 0) is 66.9 Å². The number of thiophene rings is 1. The van der Waals surface area contributed by atoms with E-state index in [0.29, 0.717) is 33.9 Å². The van der Waals surface area contributed by atoms with E-state index >= 15 is 0 Å². The number of carbonyl (C=O) groups is 2. The van der Waals surface area contributed by atoms with Gasteiger partial charge in [0, 0.05) is 11.4 Å². The molecule has 186 valence electrons. The van der Waals surface area contributed by atoms with E-state index in [1.54, 1.807) is 37.4 Å². The number of ether oxygens (including phenoxy) is 2. The van der Waals surface area contributed by atoms with Crippen molar-refractivity contribution in [1.29, 1.82) is 0 Å². The van der Waals surface area contributed by atoms with Crippen molar-refractivity contribution < 1.29 is 19.1 Å². The Kier molecular flexibility index (Phi) is 8.58. The smallest absolute Gasteiger partial charge is 0.261 e. The van der Waals surface area contributed by atoms with Crippen molar-refractivity contribution in [1.82, 2.24) is 20.1 Å². The van der Waals surface area contributed by atoms with Crippen molar-refractivity contribution in [3.63, 3.8) is 0 Å². The van der Waals surface area contributed by atoms with E-state index in [-0.39, 0.29) is 24.1 Å². The average molecular weight is 524 g/mol. The third kappa shape index (κ3) is 6.43. The molecule has 0 aliphatic rings. The SMILES string of the molecule is CCOc1ccc(-n2c(CNC(=O)c3cccs3)nnc2SCC(=O)Nc2ccc(OC)cc2)cc1. The van der Waals surface area contributed by atoms with Crippen LogP contribution < -0.4 is 20.1 Å². The maximum atomic E-state index is 12.6. The zero-order chi connectivity index (χ0) is 25.3. The van der Waals surface area contributed by atoms with E-state index in [1.807, 2.05) is 47.2 Å². The van der Waals surface area contributed by atoms with E-state index in [1.165, 1.54) is 23.1 Å².